The molecule has 0 saturated carbocycles. The Morgan fingerprint density at radius 1 is 1.45 bits per heavy atom. The Kier molecular flexibility index (Phi) is 6.61. The molecule has 7 heteroatoms. The Morgan fingerprint density at radius 3 is 3.00 bits per heavy atom. The van der Waals surface area contributed by atoms with E-state index in [0.717, 1.165) is 17.9 Å². The predicted octanol–water partition coefficient (Wildman–Crippen LogP) is 3.88. The van der Waals surface area contributed by atoms with E-state index in [1.807, 2.05) is 23.9 Å². The van der Waals surface area contributed by atoms with Crippen molar-refractivity contribution in [3.63, 3.8) is 0 Å². The topological polar surface area (TPSA) is 46.9 Å². The lowest BCUT2D eigenvalue weighted by Crippen LogP contribution is -2.32. The quantitative estimate of drug-likeness (QED) is 0.604. The second-order valence-corrected chi connectivity index (χ2v) is 6.97. The van der Waals surface area contributed by atoms with Crippen molar-refractivity contribution in [3.05, 3.63) is 46.7 Å². The molecule has 4 nitrogen and oxygen atoms in total. The van der Waals surface area contributed by atoms with Crippen LogP contribution in [0.2, 0.25) is 10.0 Å². The summed E-state index contributed by atoms with van der Waals surface area (Å²) in [4.78, 5) is 12.9. The van der Waals surface area contributed by atoms with Crippen LogP contribution in [0.1, 0.15) is 13.3 Å². The molecule has 0 radical (unpaired) electrons. The van der Waals surface area contributed by atoms with Gasteiger partial charge in [0.1, 0.15) is 0 Å². The van der Waals surface area contributed by atoms with Crippen LogP contribution < -0.4 is 5.32 Å². The highest BCUT2D eigenvalue weighted by molar-refractivity contribution is 8.00. The van der Waals surface area contributed by atoms with Crippen molar-refractivity contribution in [2.75, 3.05) is 6.54 Å². The van der Waals surface area contributed by atoms with Gasteiger partial charge in [-0.3, -0.25) is 9.48 Å². The lowest BCUT2D eigenvalue weighted by molar-refractivity contribution is -0.120. The Bertz CT molecular complexity index is 619. The molecule has 0 saturated heterocycles. The summed E-state index contributed by atoms with van der Waals surface area (Å²) < 4.78 is 1.84. The zero-order valence-corrected chi connectivity index (χ0v) is 14.5. The summed E-state index contributed by atoms with van der Waals surface area (Å²) in [7, 11) is 0. The molecule has 1 aromatic carbocycles. The molecule has 0 fully saturated rings. The van der Waals surface area contributed by atoms with Crippen LogP contribution in [-0.2, 0) is 11.3 Å². The summed E-state index contributed by atoms with van der Waals surface area (Å²) in [5.41, 5.74) is 0. The van der Waals surface area contributed by atoms with E-state index in [1.165, 1.54) is 11.8 Å². The molecule has 0 aliphatic rings. The van der Waals surface area contributed by atoms with Crippen molar-refractivity contribution in [3.8, 4) is 0 Å². The molecule has 0 spiro atoms. The van der Waals surface area contributed by atoms with Crippen molar-refractivity contribution < 1.29 is 4.79 Å². The monoisotopic (exact) mass is 357 g/mol. The smallest absolute Gasteiger partial charge is 0.233 e. The van der Waals surface area contributed by atoms with Crippen LogP contribution in [0, 0.1) is 0 Å². The van der Waals surface area contributed by atoms with Crippen LogP contribution in [0.25, 0.3) is 0 Å². The maximum Gasteiger partial charge on any atom is 0.233 e. The summed E-state index contributed by atoms with van der Waals surface area (Å²) in [6, 6.07) is 7.12. The van der Waals surface area contributed by atoms with Crippen molar-refractivity contribution in [2.45, 2.75) is 30.0 Å². The molecule has 0 bridgehead atoms. The Labute approximate surface area is 144 Å². The molecule has 22 heavy (non-hydrogen) atoms. The van der Waals surface area contributed by atoms with E-state index in [9.17, 15) is 4.79 Å². The molecule has 1 amide bonds. The van der Waals surface area contributed by atoms with Gasteiger partial charge in [-0.05, 0) is 37.6 Å². The number of benzene rings is 1. The van der Waals surface area contributed by atoms with Crippen LogP contribution in [0.4, 0.5) is 0 Å². The van der Waals surface area contributed by atoms with Crippen LogP contribution >= 0.6 is 35.0 Å². The van der Waals surface area contributed by atoms with Gasteiger partial charge in [0.25, 0.3) is 0 Å². The number of carbonyl (C=O) groups is 1. The zero-order chi connectivity index (χ0) is 15.9. The summed E-state index contributed by atoms with van der Waals surface area (Å²) in [5.74, 6) is -0.0125. The summed E-state index contributed by atoms with van der Waals surface area (Å²) in [5, 5.41) is 8.02. The van der Waals surface area contributed by atoms with E-state index >= 15 is 0 Å². The van der Waals surface area contributed by atoms with Gasteiger partial charge in [0, 0.05) is 35.4 Å². The number of hydrogen-bond donors (Lipinski definition) is 1. The minimum Gasteiger partial charge on any atom is -0.355 e. The number of hydrogen-bond acceptors (Lipinski definition) is 3. The fraction of sp³-hybridized carbons (Fsp3) is 0.333. The molecule has 2 rings (SSSR count). The summed E-state index contributed by atoms with van der Waals surface area (Å²) >= 11 is 13.5. The van der Waals surface area contributed by atoms with E-state index < -0.39 is 0 Å². The van der Waals surface area contributed by atoms with Crippen LogP contribution in [0.15, 0.2) is 41.6 Å². The maximum atomic E-state index is 12.1. The average molecular weight is 358 g/mol. The van der Waals surface area contributed by atoms with E-state index in [1.54, 1.807) is 24.4 Å². The number of carbonyl (C=O) groups excluding carboxylic acids is 1. The number of aromatic nitrogens is 2. The Morgan fingerprint density at radius 2 is 2.27 bits per heavy atom. The number of rotatable bonds is 7. The van der Waals surface area contributed by atoms with Crippen LogP contribution in [-0.4, -0.2) is 27.5 Å². The first kappa shape index (κ1) is 17.2. The maximum absolute atomic E-state index is 12.1. The first-order valence-corrected chi connectivity index (χ1v) is 8.56. The molecular formula is C15H17Cl2N3OS. The van der Waals surface area contributed by atoms with Gasteiger partial charge in [0.2, 0.25) is 5.91 Å². The third-order valence-corrected chi connectivity index (χ3v) is 4.82. The fourth-order valence-electron chi connectivity index (χ4n) is 1.84. The predicted molar refractivity (Wildman–Crippen MR) is 91.6 cm³/mol. The zero-order valence-electron chi connectivity index (χ0n) is 12.1. The van der Waals surface area contributed by atoms with Crippen molar-refractivity contribution in [2.24, 2.45) is 0 Å². The second-order valence-electron chi connectivity index (χ2n) is 4.75. The van der Waals surface area contributed by atoms with Crippen LogP contribution in [0.5, 0.6) is 0 Å². The number of halogens is 2. The van der Waals surface area contributed by atoms with E-state index in [-0.39, 0.29) is 11.2 Å². The summed E-state index contributed by atoms with van der Waals surface area (Å²) in [6.07, 6.45) is 4.48. The molecule has 0 aliphatic carbocycles. The fourth-order valence-corrected chi connectivity index (χ4v) is 3.28. The lowest BCUT2D eigenvalue weighted by atomic mass is 10.4. The first-order valence-electron chi connectivity index (χ1n) is 6.93. The van der Waals surface area contributed by atoms with Gasteiger partial charge in [-0.2, -0.15) is 5.10 Å². The minimum atomic E-state index is -0.235. The molecular weight excluding hydrogens is 341 g/mol. The van der Waals surface area contributed by atoms with Gasteiger partial charge < -0.3 is 5.32 Å². The molecule has 1 N–H and O–H groups in total. The van der Waals surface area contributed by atoms with Crippen molar-refractivity contribution in [1.82, 2.24) is 15.1 Å². The third-order valence-electron chi connectivity index (χ3n) is 2.99. The van der Waals surface area contributed by atoms with Crippen molar-refractivity contribution in [1.29, 1.82) is 0 Å². The Hall–Kier alpha value is -1.17. The summed E-state index contributed by atoms with van der Waals surface area (Å²) in [6.45, 7) is 3.26. The second kappa shape index (κ2) is 8.46. The van der Waals surface area contributed by atoms with Gasteiger partial charge in [-0.15, -0.1) is 11.8 Å². The highest BCUT2D eigenvalue weighted by Gasteiger charge is 2.15. The number of thioether (sulfide) groups is 1. The Balaban J connectivity index is 1.75. The molecule has 0 aliphatic heterocycles. The minimum absolute atomic E-state index is 0.0125. The third kappa shape index (κ3) is 5.23. The number of nitrogens with one attached hydrogen (secondary N) is 1. The number of amides is 1. The van der Waals surface area contributed by atoms with Crippen LogP contribution in [0.3, 0.4) is 0 Å². The van der Waals surface area contributed by atoms with Crippen molar-refractivity contribution >= 4 is 40.9 Å². The lowest BCUT2D eigenvalue weighted by Gasteiger charge is -2.13. The molecule has 1 aromatic heterocycles. The average Bonchev–Trinajstić information content (AvgIpc) is 3.00. The SMILES string of the molecule is CC(Sc1cc(Cl)ccc1Cl)C(=O)NCCCn1cccn1. The molecule has 1 unspecified atom stereocenters. The molecule has 118 valence electrons. The number of nitrogens with zero attached hydrogens (tertiary/aromatic N) is 2. The number of aryl methyl sites for hydroxylation is 1. The van der Waals surface area contributed by atoms with Gasteiger partial charge in [0.05, 0.1) is 10.3 Å². The van der Waals surface area contributed by atoms with E-state index in [2.05, 4.69) is 10.4 Å². The van der Waals surface area contributed by atoms with E-state index in [0.29, 0.717) is 16.6 Å². The molecule has 1 atom stereocenters. The van der Waals surface area contributed by atoms with E-state index in [4.69, 9.17) is 23.2 Å². The van der Waals surface area contributed by atoms with Gasteiger partial charge in [-0.25, -0.2) is 0 Å². The highest BCUT2D eigenvalue weighted by Crippen LogP contribution is 2.32. The van der Waals surface area contributed by atoms with Gasteiger partial charge >= 0.3 is 0 Å². The highest BCUT2D eigenvalue weighted by atomic mass is 35.5. The van der Waals surface area contributed by atoms with Gasteiger partial charge in [0.15, 0.2) is 0 Å². The van der Waals surface area contributed by atoms with Gasteiger partial charge in [-0.1, -0.05) is 23.2 Å². The normalized spacial score (nSPS) is 12.1. The first-order chi connectivity index (χ1) is 10.6. The molecule has 2 aromatic rings. The largest absolute Gasteiger partial charge is 0.355 e. The molecule has 1 heterocycles. The standard InChI is InChI=1S/C15H17Cl2N3OS/c1-11(22-14-10-12(16)4-5-13(14)17)15(21)18-6-2-8-20-9-3-7-19-20/h3-5,7,9-11H,2,6,8H2,1H3,(H,18,21).